The zero-order chi connectivity index (χ0) is 17.7. The number of likely N-dealkylation sites (tertiary alicyclic amines) is 1. The molecule has 1 N–H and O–H groups in total. The number of hydrogen-bond donors (Lipinski definition) is 1. The first-order chi connectivity index (χ1) is 11.3. The summed E-state index contributed by atoms with van der Waals surface area (Å²) in [5.41, 5.74) is 3.01. The maximum Gasteiger partial charge on any atom is 0.266 e. The summed E-state index contributed by atoms with van der Waals surface area (Å²) in [5.74, 6) is 0.187. The van der Waals surface area contributed by atoms with Crippen LogP contribution >= 0.6 is 0 Å². The van der Waals surface area contributed by atoms with E-state index in [9.17, 15) is 9.59 Å². The van der Waals surface area contributed by atoms with E-state index in [1.165, 1.54) is 0 Å². The molecule has 1 heterocycles. The first kappa shape index (κ1) is 18.5. The SMILES string of the molecule is C[C@@H]1CCN(C(=O)C(C)(C)C)[C@@H](C(=O)NOCc2ccccc2)C1. The highest BCUT2D eigenvalue weighted by molar-refractivity contribution is 5.89. The van der Waals surface area contributed by atoms with Crippen LogP contribution in [0.5, 0.6) is 0 Å². The van der Waals surface area contributed by atoms with Crippen LogP contribution in [0.3, 0.4) is 0 Å². The molecule has 5 nitrogen and oxygen atoms in total. The van der Waals surface area contributed by atoms with Gasteiger partial charge in [-0.05, 0) is 24.3 Å². The highest BCUT2D eigenvalue weighted by atomic mass is 16.6. The quantitative estimate of drug-likeness (QED) is 0.863. The maximum atomic E-state index is 12.6. The molecule has 1 aliphatic rings. The van der Waals surface area contributed by atoms with Gasteiger partial charge in [-0.2, -0.15) is 0 Å². The minimum Gasteiger partial charge on any atom is -0.330 e. The minimum atomic E-state index is -0.496. The molecule has 2 rings (SSSR count). The molecule has 1 aliphatic heterocycles. The molecule has 24 heavy (non-hydrogen) atoms. The number of rotatable bonds is 4. The third-order valence-corrected chi connectivity index (χ3v) is 4.32. The predicted molar refractivity (Wildman–Crippen MR) is 92.7 cm³/mol. The number of hydrogen-bond acceptors (Lipinski definition) is 3. The molecule has 0 radical (unpaired) electrons. The molecule has 0 bridgehead atoms. The van der Waals surface area contributed by atoms with Crippen molar-refractivity contribution in [2.75, 3.05) is 6.54 Å². The van der Waals surface area contributed by atoms with E-state index in [1.54, 1.807) is 4.90 Å². The summed E-state index contributed by atoms with van der Waals surface area (Å²) in [7, 11) is 0. The Kier molecular flexibility index (Phi) is 5.99. The van der Waals surface area contributed by atoms with Gasteiger partial charge in [0.05, 0.1) is 6.61 Å². The average molecular weight is 332 g/mol. The van der Waals surface area contributed by atoms with Gasteiger partial charge in [0.2, 0.25) is 5.91 Å². The third kappa shape index (κ3) is 4.81. The summed E-state index contributed by atoms with van der Waals surface area (Å²) < 4.78 is 0. The van der Waals surface area contributed by atoms with Gasteiger partial charge < -0.3 is 4.90 Å². The van der Waals surface area contributed by atoms with Crippen LogP contribution in [-0.4, -0.2) is 29.3 Å². The van der Waals surface area contributed by atoms with E-state index in [4.69, 9.17) is 4.84 Å². The van der Waals surface area contributed by atoms with E-state index in [0.29, 0.717) is 25.5 Å². The fraction of sp³-hybridized carbons (Fsp3) is 0.579. The summed E-state index contributed by atoms with van der Waals surface area (Å²) in [6, 6.07) is 9.19. The van der Waals surface area contributed by atoms with Gasteiger partial charge in [0.1, 0.15) is 6.04 Å². The Labute approximate surface area is 144 Å². The van der Waals surface area contributed by atoms with Gasteiger partial charge >= 0.3 is 0 Å². The topological polar surface area (TPSA) is 58.6 Å². The molecular weight excluding hydrogens is 304 g/mol. The summed E-state index contributed by atoms with van der Waals surface area (Å²) in [6.45, 7) is 8.69. The highest BCUT2D eigenvalue weighted by Crippen LogP contribution is 2.27. The summed E-state index contributed by atoms with van der Waals surface area (Å²) in [6.07, 6.45) is 1.60. The van der Waals surface area contributed by atoms with Crippen LogP contribution in [-0.2, 0) is 21.0 Å². The molecule has 1 aromatic rings. The number of nitrogens with one attached hydrogen (secondary N) is 1. The second kappa shape index (κ2) is 7.79. The summed E-state index contributed by atoms with van der Waals surface area (Å²) in [4.78, 5) is 32.2. The number of benzene rings is 1. The van der Waals surface area contributed by atoms with Gasteiger partial charge in [-0.15, -0.1) is 0 Å². The monoisotopic (exact) mass is 332 g/mol. The van der Waals surface area contributed by atoms with Crippen molar-refractivity contribution in [3.63, 3.8) is 0 Å². The Morgan fingerprint density at radius 2 is 1.92 bits per heavy atom. The Hall–Kier alpha value is -1.88. The normalized spacial score (nSPS) is 21.4. The molecule has 1 fully saturated rings. The number of carbonyl (C=O) groups is 2. The van der Waals surface area contributed by atoms with Gasteiger partial charge in [0, 0.05) is 12.0 Å². The average Bonchev–Trinajstić information content (AvgIpc) is 2.54. The van der Waals surface area contributed by atoms with Gasteiger partial charge in [-0.1, -0.05) is 58.0 Å². The van der Waals surface area contributed by atoms with Crippen LogP contribution in [0, 0.1) is 11.3 Å². The van der Waals surface area contributed by atoms with Gasteiger partial charge in [-0.3, -0.25) is 14.4 Å². The number of amides is 2. The highest BCUT2D eigenvalue weighted by Gasteiger charge is 2.38. The first-order valence-corrected chi connectivity index (χ1v) is 8.55. The number of hydroxylamine groups is 1. The fourth-order valence-electron chi connectivity index (χ4n) is 2.90. The zero-order valence-corrected chi connectivity index (χ0v) is 15.0. The lowest BCUT2D eigenvalue weighted by atomic mass is 9.87. The maximum absolute atomic E-state index is 12.6. The van der Waals surface area contributed by atoms with Crippen LogP contribution in [0.2, 0.25) is 0 Å². The number of carbonyl (C=O) groups excluding carboxylic acids is 2. The van der Waals surface area contributed by atoms with Crippen LogP contribution in [0.1, 0.15) is 46.1 Å². The van der Waals surface area contributed by atoms with Gasteiger partial charge in [0.25, 0.3) is 5.91 Å². The van der Waals surface area contributed by atoms with Crippen molar-refractivity contribution in [3.8, 4) is 0 Å². The molecule has 0 unspecified atom stereocenters. The lowest BCUT2D eigenvalue weighted by Gasteiger charge is -2.40. The predicted octanol–water partition coefficient (Wildman–Crippen LogP) is 2.91. The molecule has 1 aromatic carbocycles. The Bertz CT molecular complexity index is 566. The van der Waals surface area contributed by atoms with Gasteiger partial charge in [-0.25, -0.2) is 5.48 Å². The minimum absolute atomic E-state index is 0.0117. The van der Waals surface area contributed by atoms with Crippen LogP contribution in [0.4, 0.5) is 0 Å². The van der Waals surface area contributed by atoms with Crippen LogP contribution < -0.4 is 5.48 Å². The van der Waals surface area contributed by atoms with Crippen molar-refractivity contribution in [3.05, 3.63) is 35.9 Å². The number of piperidine rings is 1. The molecule has 132 valence electrons. The van der Waals surface area contributed by atoms with E-state index in [0.717, 1.165) is 12.0 Å². The Morgan fingerprint density at radius 3 is 2.54 bits per heavy atom. The van der Waals surface area contributed by atoms with Crippen molar-refractivity contribution in [2.45, 2.75) is 53.2 Å². The van der Waals surface area contributed by atoms with Crippen molar-refractivity contribution in [1.82, 2.24) is 10.4 Å². The van der Waals surface area contributed by atoms with Crippen molar-refractivity contribution < 1.29 is 14.4 Å². The van der Waals surface area contributed by atoms with Crippen LogP contribution in [0.15, 0.2) is 30.3 Å². The summed E-state index contributed by atoms with van der Waals surface area (Å²) in [5, 5.41) is 0. The van der Waals surface area contributed by atoms with Gasteiger partial charge in [0.15, 0.2) is 0 Å². The standard InChI is InChI=1S/C19H28N2O3/c1-14-10-11-21(18(23)19(2,3)4)16(12-14)17(22)20-24-13-15-8-6-5-7-9-15/h5-9,14,16H,10-13H2,1-4H3,(H,20,22)/t14-,16-/m1/s1. The molecule has 2 amide bonds. The lowest BCUT2D eigenvalue weighted by molar-refractivity contribution is -0.154. The van der Waals surface area contributed by atoms with Crippen molar-refractivity contribution in [1.29, 1.82) is 0 Å². The second-order valence-corrected chi connectivity index (χ2v) is 7.63. The first-order valence-electron chi connectivity index (χ1n) is 8.55. The fourth-order valence-corrected chi connectivity index (χ4v) is 2.90. The number of nitrogens with zero attached hydrogens (tertiary/aromatic N) is 1. The smallest absolute Gasteiger partial charge is 0.266 e. The Balaban J connectivity index is 1.97. The van der Waals surface area contributed by atoms with Crippen molar-refractivity contribution in [2.24, 2.45) is 11.3 Å². The molecule has 0 aliphatic carbocycles. The Morgan fingerprint density at radius 1 is 1.25 bits per heavy atom. The molecular formula is C19H28N2O3. The molecule has 0 saturated carbocycles. The molecule has 0 aromatic heterocycles. The van der Waals surface area contributed by atoms with E-state index in [1.807, 2.05) is 51.1 Å². The van der Waals surface area contributed by atoms with E-state index < -0.39 is 11.5 Å². The van der Waals surface area contributed by atoms with E-state index >= 15 is 0 Å². The third-order valence-electron chi connectivity index (χ3n) is 4.32. The largest absolute Gasteiger partial charge is 0.330 e. The second-order valence-electron chi connectivity index (χ2n) is 7.63. The van der Waals surface area contributed by atoms with E-state index in [2.05, 4.69) is 12.4 Å². The molecule has 0 spiro atoms. The van der Waals surface area contributed by atoms with Crippen molar-refractivity contribution >= 4 is 11.8 Å². The summed E-state index contributed by atoms with van der Waals surface area (Å²) >= 11 is 0. The molecule has 2 atom stereocenters. The van der Waals surface area contributed by atoms with Crippen LogP contribution in [0.25, 0.3) is 0 Å². The van der Waals surface area contributed by atoms with E-state index in [-0.39, 0.29) is 11.8 Å². The molecule has 5 heteroatoms. The lowest BCUT2D eigenvalue weighted by Crippen LogP contribution is -2.55. The molecule has 1 saturated heterocycles. The zero-order valence-electron chi connectivity index (χ0n) is 15.0.